The Morgan fingerprint density at radius 3 is 0.744 bits per heavy atom. The molecular formula is C79H140N2Pd. The summed E-state index contributed by atoms with van der Waals surface area (Å²) in [6.45, 7) is 26.1. The van der Waals surface area contributed by atoms with Crippen molar-refractivity contribution in [1.82, 2.24) is 0 Å². The molecule has 0 aliphatic carbocycles. The summed E-state index contributed by atoms with van der Waals surface area (Å²) in [5.41, 5.74) is 25.1. The van der Waals surface area contributed by atoms with E-state index in [1.165, 1.54) is 327 Å². The van der Waals surface area contributed by atoms with Gasteiger partial charge in [-0.2, -0.15) is 12.8 Å². The average molecular weight is 1220 g/mol. The Hall–Kier alpha value is -1.82. The fourth-order valence-electron chi connectivity index (χ4n) is 12.2. The Morgan fingerprint density at radius 2 is 0.500 bits per heavy atom. The zero-order chi connectivity index (χ0) is 59.1. The summed E-state index contributed by atoms with van der Waals surface area (Å²) < 4.78 is 1.61. The third-order valence-corrected chi connectivity index (χ3v) is 17.4. The summed E-state index contributed by atoms with van der Waals surface area (Å²) in [4.78, 5) is 0. The first-order valence-corrected chi connectivity index (χ1v) is 36.6. The van der Waals surface area contributed by atoms with Crippen LogP contribution in [0, 0.1) is 13.8 Å². The molecule has 1 heterocycles. The molecule has 0 spiro atoms. The monoisotopic (exact) mass is 1220 g/mol. The van der Waals surface area contributed by atoms with Gasteiger partial charge in [-0.05, 0) is 118 Å². The molecule has 2 nitrogen and oxygen atoms in total. The fraction of sp³-hybridized carbons (Fsp3) is 0.772. The first-order chi connectivity index (χ1) is 39.8. The molecule has 0 atom stereocenters. The molecule has 0 radical (unpaired) electrons. The molecule has 0 saturated heterocycles. The van der Waals surface area contributed by atoms with Crippen LogP contribution in [-0.2, 0) is 46.1 Å². The Labute approximate surface area is 529 Å². The van der Waals surface area contributed by atoms with Gasteiger partial charge in [-0.15, -0.1) is 0 Å². The molecule has 0 amide bonds. The summed E-state index contributed by atoms with van der Waals surface area (Å²) in [5, 5.41) is 0. The Kier molecular flexibility index (Phi) is 58.2. The van der Waals surface area contributed by atoms with E-state index in [9.17, 15) is 5.53 Å². The van der Waals surface area contributed by atoms with Gasteiger partial charge in [0.15, 0.2) is 0 Å². The van der Waals surface area contributed by atoms with Crippen molar-refractivity contribution in [3.05, 3.63) is 100 Å². The zero-order valence-electron chi connectivity index (χ0n) is 56.6. The van der Waals surface area contributed by atoms with E-state index in [0.717, 1.165) is 69.2 Å². The molecule has 0 unspecified atom stereocenters. The van der Waals surface area contributed by atoms with Crippen molar-refractivity contribution in [3.8, 4) is 0 Å². The minimum atomic E-state index is 0. The second-order valence-electron chi connectivity index (χ2n) is 25.4. The minimum Gasteiger partial charge on any atom is -0.493 e. The Bertz CT molecular complexity index is 1680. The molecule has 476 valence electrons. The molecular weight excluding hydrogens is 1080 g/mol. The molecule has 0 fully saturated rings. The number of hydrogen-bond donors (Lipinski definition) is 0. The second-order valence-corrected chi connectivity index (χ2v) is 25.4. The molecule has 1 aliphatic rings. The third kappa shape index (κ3) is 41.3. The summed E-state index contributed by atoms with van der Waals surface area (Å²) >= 11 is 0. The van der Waals surface area contributed by atoms with Gasteiger partial charge >= 0.3 is 20.4 Å². The smallest absolute Gasteiger partial charge is 0.493 e. The molecule has 0 N–H and O–H groups in total. The van der Waals surface area contributed by atoms with Gasteiger partial charge in [-0.1, -0.05) is 324 Å². The van der Waals surface area contributed by atoms with E-state index in [1.54, 1.807) is 4.70 Å². The number of unbranched alkanes of at least 4 members (excludes halogenated alkanes) is 41. The van der Waals surface area contributed by atoms with Crippen molar-refractivity contribution in [2.75, 3.05) is 0 Å². The van der Waals surface area contributed by atoms with Crippen molar-refractivity contribution >= 4 is 11.4 Å². The summed E-state index contributed by atoms with van der Waals surface area (Å²) in [7, 11) is 0. The van der Waals surface area contributed by atoms with Crippen molar-refractivity contribution in [2.24, 2.45) is 0 Å². The van der Waals surface area contributed by atoms with Crippen LogP contribution in [0.15, 0.2) is 47.5 Å². The molecule has 0 bridgehead atoms. The molecule has 0 aromatic heterocycles. The maximum absolute atomic E-state index is 12.3. The van der Waals surface area contributed by atoms with Crippen molar-refractivity contribution in [3.63, 3.8) is 0 Å². The van der Waals surface area contributed by atoms with Crippen molar-refractivity contribution in [1.29, 1.82) is 0 Å². The quantitative estimate of drug-likeness (QED) is 0.0273. The van der Waals surface area contributed by atoms with Gasteiger partial charge in [0.25, 0.3) is 0 Å². The SMILES string of the molecule is CCCCCCc1cc(CCCCCC)cc(C2=C(C)C(CCCC)=C(c3cc(CCCCCC)cc(CCCCCC)c3)[N+]2=[N-])c1.[CH2-]CCCCCCCCCCCCCCCC.[CH2-]CCCCCCCCCCCCCCCC.[Pd+2]. The van der Waals surface area contributed by atoms with Crippen LogP contribution in [0.2, 0.25) is 0 Å². The van der Waals surface area contributed by atoms with Crippen LogP contribution in [0.3, 0.4) is 0 Å². The van der Waals surface area contributed by atoms with E-state index < -0.39 is 0 Å². The van der Waals surface area contributed by atoms with E-state index in [2.05, 4.69) is 106 Å². The standard InChI is InChI=1S/C45H70N2.2C17H35.Pd/c1-7-12-17-21-25-37-30-38(26-22-18-13-8-2)33-41(32-37)44-36(6)43(29-16-11-5)45(47(44)46)42-34-39(27-23-19-14-9-3)31-40(35-42)28-24-20-15-10-4;2*1-3-5-7-9-11-13-15-17-16-14-12-10-8-6-4-2;/h30-35H,7-29H2,1-6H3;2*1,3-17H2,2H3;/q;2*-1;+2. The molecule has 0 saturated carbocycles. The van der Waals surface area contributed by atoms with Crippen LogP contribution in [-0.4, -0.2) is 4.70 Å². The van der Waals surface area contributed by atoms with Gasteiger partial charge < -0.3 is 19.4 Å². The third-order valence-electron chi connectivity index (χ3n) is 17.4. The number of rotatable bonds is 53. The minimum absolute atomic E-state index is 0. The first kappa shape index (κ1) is 80.2. The van der Waals surface area contributed by atoms with Gasteiger partial charge in [0, 0.05) is 22.3 Å². The number of hydrogen-bond acceptors (Lipinski definition) is 0. The van der Waals surface area contributed by atoms with E-state index in [-0.39, 0.29) is 20.4 Å². The molecule has 1 aliphatic heterocycles. The van der Waals surface area contributed by atoms with Crippen LogP contribution in [0.25, 0.3) is 16.9 Å². The van der Waals surface area contributed by atoms with Gasteiger partial charge in [-0.25, -0.2) is 4.70 Å². The largest absolute Gasteiger partial charge is 2.00 e. The van der Waals surface area contributed by atoms with Crippen LogP contribution in [0.5, 0.6) is 0 Å². The predicted molar refractivity (Wildman–Crippen MR) is 367 cm³/mol. The number of benzene rings is 2. The molecule has 3 rings (SSSR count). The van der Waals surface area contributed by atoms with Crippen molar-refractivity contribution < 1.29 is 25.1 Å². The molecule has 82 heavy (non-hydrogen) atoms. The van der Waals surface area contributed by atoms with Gasteiger partial charge in [-0.3, -0.25) is 0 Å². The number of nitrogens with zero attached hydrogens (tertiary/aromatic N) is 2. The Balaban J connectivity index is 0.00000153. The molecule has 2 aromatic carbocycles. The topological polar surface area (TPSA) is 25.3 Å². The summed E-state index contributed by atoms with van der Waals surface area (Å²) in [6, 6.07) is 14.5. The maximum atomic E-state index is 12.3. The van der Waals surface area contributed by atoms with Crippen molar-refractivity contribution in [2.45, 2.75) is 396 Å². The Morgan fingerprint density at radius 1 is 0.280 bits per heavy atom. The van der Waals surface area contributed by atoms with Crippen LogP contribution in [0.1, 0.15) is 403 Å². The van der Waals surface area contributed by atoms with Crippen LogP contribution >= 0.6 is 0 Å². The summed E-state index contributed by atoms with van der Waals surface area (Å²) in [6.07, 6.45) is 70.9. The predicted octanol–water partition coefficient (Wildman–Crippen LogP) is 27.9. The van der Waals surface area contributed by atoms with Crippen LogP contribution < -0.4 is 0 Å². The number of allylic oxidation sites excluding steroid dienone is 2. The average Bonchev–Trinajstić information content (AvgIpc) is 3.95. The van der Waals surface area contributed by atoms with E-state index >= 15 is 0 Å². The van der Waals surface area contributed by atoms with E-state index in [0.29, 0.717) is 0 Å². The first-order valence-electron chi connectivity index (χ1n) is 36.6. The van der Waals surface area contributed by atoms with Crippen LogP contribution in [0.4, 0.5) is 0 Å². The summed E-state index contributed by atoms with van der Waals surface area (Å²) in [5.74, 6) is 0. The maximum Gasteiger partial charge on any atom is 2.00 e. The molecule has 3 heteroatoms. The second kappa shape index (κ2) is 59.5. The molecule has 2 aromatic rings. The fourth-order valence-corrected chi connectivity index (χ4v) is 12.2. The van der Waals surface area contributed by atoms with E-state index in [1.807, 2.05) is 0 Å². The number of aryl methyl sites for hydroxylation is 4. The van der Waals surface area contributed by atoms with E-state index in [4.69, 9.17) is 0 Å². The van der Waals surface area contributed by atoms with Gasteiger partial charge in [0.1, 0.15) is 0 Å². The zero-order valence-corrected chi connectivity index (χ0v) is 58.1. The normalized spacial score (nSPS) is 12.2. The van der Waals surface area contributed by atoms with Gasteiger partial charge in [0.2, 0.25) is 11.4 Å². The van der Waals surface area contributed by atoms with Gasteiger partial charge in [0.05, 0.1) is 0 Å².